The molecule has 48 heavy (non-hydrogen) atoms. The van der Waals surface area contributed by atoms with Gasteiger partial charge in [0.05, 0.1) is 31.0 Å². The molecule has 0 saturated heterocycles. The molecule has 0 bridgehead atoms. The van der Waals surface area contributed by atoms with E-state index in [1.165, 1.54) is 0 Å². The lowest BCUT2D eigenvalue weighted by molar-refractivity contribution is -0.203. The highest BCUT2D eigenvalue weighted by Gasteiger charge is 2.64. The summed E-state index contributed by atoms with van der Waals surface area (Å²) >= 11 is 6.18. The first-order valence-electron chi connectivity index (χ1n) is 18.6. The number of hydrogen-bond acceptors (Lipinski definition) is 7. The third kappa shape index (κ3) is 7.76. The Morgan fingerprint density at radius 1 is 1.04 bits per heavy atom. The summed E-state index contributed by atoms with van der Waals surface area (Å²) in [4.78, 5) is 12.8. The van der Waals surface area contributed by atoms with E-state index in [9.17, 15) is 19.6 Å². The van der Waals surface area contributed by atoms with Gasteiger partial charge in [0.15, 0.2) is 5.78 Å². The number of carbonyl (C=O) groups is 1. The summed E-state index contributed by atoms with van der Waals surface area (Å²) in [6.45, 7) is 14.9. The predicted octanol–water partition coefficient (Wildman–Crippen LogP) is 8.47. The molecule has 4 aliphatic carbocycles. The molecule has 5 rings (SSSR count). The number of aliphatic hydroxyl groups is 2. The second kappa shape index (κ2) is 15.3. The van der Waals surface area contributed by atoms with Crippen molar-refractivity contribution in [3.63, 3.8) is 0 Å². The Kier molecular flexibility index (Phi) is 12.2. The van der Waals surface area contributed by atoms with Crippen molar-refractivity contribution < 1.29 is 33.4 Å². The highest BCUT2D eigenvalue weighted by molar-refractivity contribution is 7.52. The lowest BCUT2D eigenvalue weighted by Gasteiger charge is -2.64. The van der Waals surface area contributed by atoms with E-state index in [-0.39, 0.29) is 54.1 Å². The number of carbonyl (C=O) groups excluding carboxylic acids is 1. The van der Waals surface area contributed by atoms with Crippen LogP contribution in [0.4, 0.5) is 0 Å². The molecular weight excluding hydrogens is 649 g/mol. The first-order chi connectivity index (χ1) is 22.6. The minimum absolute atomic E-state index is 0.0984. The van der Waals surface area contributed by atoms with Gasteiger partial charge < -0.3 is 19.5 Å². The Bertz CT molecular complexity index is 1310. The van der Waals surface area contributed by atoms with Crippen molar-refractivity contribution >= 4 is 25.1 Å². The van der Waals surface area contributed by atoms with Gasteiger partial charge >= 0.3 is 7.75 Å². The zero-order chi connectivity index (χ0) is 35.0. The van der Waals surface area contributed by atoms with Crippen LogP contribution in [-0.2, 0) is 18.6 Å². The summed E-state index contributed by atoms with van der Waals surface area (Å²) < 4.78 is 31.6. The van der Waals surface area contributed by atoms with Gasteiger partial charge in [0.2, 0.25) is 0 Å². The molecule has 4 saturated carbocycles. The maximum absolute atomic E-state index is 14.1. The summed E-state index contributed by atoms with van der Waals surface area (Å²) in [6.07, 6.45) is 8.29. The fourth-order valence-electron chi connectivity index (χ4n) is 10.9. The van der Waals surface area contributed by atoms with Gasteiger partial charge in [0.1, 0.15) is 12.4 Å². The number of aliphatic hydroxyl groups excluding tert-OH is 2. The molecule has 3 N–H and O–H groups in total. The smallest absolute Gasteiger partial charge is 0.413 e. The number of fused-ring (bicyclic) bond motifs is 5. The molecule has 0 heterocycles. The molecule has 0 aliphatic heterocycles. The molecule has 13 atom stereocenters. The van der Waals surface area contributed by atoms with Crippen molar-refractivity contribution in [2.45, 2.75) is 131 Å². The van der Waals surface area contributed by atoms with Gasteiger partial charge in [-0.25, -0.2) is 9.65 Å². The Hall–Kier alpha value is -0.990. The van der Waals surface area contributed by atoms with Gasteiger partial charge in [-0.3, -0.25) is 9.32 Å². The van der Waals surface area contributed by atoms with Gasteiger partial charge in [0, 0.05) is 5.02 Å². The number of nitrogens with one attached hydrogen (secondary N) is 1. The Labute approximate surface area is 294 Å². The fraction of sp³-hybridized carbons (Fsp3) is 0.816. The fourth-order valence-corrected chi connectivity index (χ4v) is 12.6. The van der Waals surface area contributed by atoms with Crippen LogP contribution in [0.1, 0.15) is 106 Å². The quantitative estimate of drug-likeness (QED) is 0.165. The van der Waals surface area contributed by atoms with Gasteiger partial charge in [0.25, 0.3) is 0 Å². The zero-order valence-electron chi connectivity index (χ0n) is 30.2. The van der Waals surface area contributed by atoms with Crippen LogP contribution in [0, 0.1) is 52.3 Å². The van der Waals surface area contributed by atoms with Crippen LogP contribution in [0.5, 0.6) is 5.75 Å². The topological polar surface area (TPSA) is 114 Å². The number of hydrogen-bond donors (Lipinski definition) is 3. The van der Waals surface area contributed by atoms with Gasteiger partial charge in [-0.1, -0.05) is 51.8 Å². The minimum atomic E-state index is -3.95. The molecule has 10 heteroatoms. The lowest BCUT2D eigenvalue weighted by Crippen LogP contribution is -2.62. The first kappa shape index (κ1) is 38.2. The lowest BCUT2D eigenvalue weighted by atomic mass is 9.41. The van der Waals surface area contributed by atoms with Crippen LogP contribution in [-0.4, -0.2) is 53.6 Å². The second-order valence-electron chi connectivity index (χ2n) is 16.4. The number of ether oxygens (including phenoxy) is 1. The highest BCUT2D eigenvalue weighted by atomic mass is 35.5. The molecular formula is C38H61ClNO7P. The maximum atomic E-state index is 14.1. The van der Waals surface area contributed by atoms with Crippen LogP contribution in [0.25, 0.3) is 0 Å². The van der Waals surface area contributed by atoms with Crippen molar-refractivity contribution in [2.75, 3.05) is 13.2 Å². The first-order valence-corrected chi connectivity index (χ1v) is 20.5. The monoisotopic (exact) mass is 709 g/mol. The number of Topliss-reactive ketones (excluding diaryl/α,β-unsaturated/α-hetero) is 1. The average molecular weight is 710 g/mol. The number of benzene rings is 1. The molecule has 8 nitrogen and oxygen atoms in total. The van der Waals surface area contributed by atoms with E-state index in [4.69, 9.17) is 25.4 Å². The molecule has 0 radical (unpaired) electrons. The van der Waals surface area contributed by atoms with Crippen LogP contribution in [0.2, 0.25) is 5.02 Å². The van der Waals surface area contributed by atoms with Crippen molar-refractivity contribution in [3.8, 4) is 5.75 Å². The maximum Gasteiger partial charge on any atom is 0.459 e. The Morgan fingerprint density at radius 3 is 2.44 bits per heavy atom. The summed E-state index contributed by atoms with van der Waals surface area (Å²) in [6, 6.07) is 5.86. The van der Waals surface area contributed by atoms with Crippen molar-refractivity contribution in [1.82, 2.24) is 5.09 Å². The minimum Gasteiger partial charge on any atom is -0.413 e. The predicted molar refractivity (Wildman–Crippen MR) is 190 cm³/mol. The molecule has 1 aromatic carbocycles. The summed E-state index contributed by atoms with van der Waals surface area (Å²) in [7, 11) is -3.95. The molecule has 4 fully saturated rings. The summed E-state index contributed by atoms with van der Waals surface area (Å²) in [5.74, 6) is 2.73. The zero-order valence-corrected chi connectivity index (χ0v) is 31.8. The van der Waals surface area contributed by atoms with E-state index in [1.807, 2.05) is 13.8 Å². The van der Waals surface area contributed by atoms with Crippen LogP contribution >= 0.6 is 19.3 Å². The molecule has 272 valence electrons. The van der Waals surface area contributed by atoms with E-state index in [0.717, 1.165) is 51.4 Å². The molecule has 1 aromatic rings. The van der Waals surface area contributed by atoms with E-state index in [2.05, 4.69) is 32.8 Å². The average Bonchev–Trinajstić information content (AvgIpc) is 3.38. The number of rotatable bonds is 14. The third-order valence-electron chi connectivity index (χ3n) is 13.4. The van der Waals surface area contributed by atoms with E-state index >= 15 is 0 Å². The van der Waals surface area contributed by atoms with E-state index in [1.54, 1.807) is 31.2 Å². The van der Waals surface area contributed by atoms with Gasteiger partial charge in [-0.05, 0) is 143 Å². The van der Waals surface area contributed by atoms with Crippen molar-refractivity contribution in [2.24, 2.45) is 52.3 Å². The van der Waals surface area contributed by atoms with E-state index < -0.39 is 13.8 Å². The summed E-state index contributed by atoms with van der Waals surface area (Å²) in [5.41, 5.74) is 0.299. The standard InChI is InChI=1S/C38H61ClNO7P/c1-8-29-33-21-27(41)14-17-38(33,7)32-15-18-37(6)30(12-13-31(37)35(32)36(29)43)24(4)16-19-46-48(44,47-28-11-9-10-26(39)20-28)40-25(5)34(42)22-45-23(2)3/h9-11,20,23-25,27,29-33,35-36,41,43H,8,12-19,21-22H2,1-7H3,(H,40,44)/t24-,25+,27-,29-,30-,31?,32?,33?,35?,36-,37-,38-,48-/m1/s1. The highest BCUT2D eigenvalue weighted by Crippen LogP contribution is 2.69. The Morgan fingerprint density at radius 2 is 1.75 bits per heavy atom. The third-order valence-corrected chi connectivity index (χ3v) is 15.3. The molecule has 4 aliphatic rings. The van der Waals surface area contributed by atoms with Crippen LogP contribution in [0.3, 0.4) is 0 Å². The Balaban J connectivity index is 1.26. The number of halogens is 1. The van der Waals surface area contributed by atoms with Crippen molar-refractivity contribution in [3.05, 3.63) is 29.3 Å². The number of ketones is 1. The molecule has 4 unspecified atom stereocenters. The van der Waals surface area contributed by atoms with E-state index in [0.29, 0.717) is 52.7 Å². The molecule has 0 spiro atoms. The van der Waals surface area contributed by atoms with Gasteiger partial charge in [-0.15, -0.1) is 0 Å². The second-order valence-corrected chi connectivity index (χ2v) is 18.6. The largest absolute Gasteiger partial charge is 0.459 e. The summed E-state index contributed by atoms with van der Waals surface area (Å²) in [5, 5.41) is 25.9. The van der Waals surface area contributed by atoms with Crippen LogP contribution in [0.15, 0.2) is 24.3 Å². The normalized spacial score (nSPS) is 38.7. The van der Waals surface area contributed by atoms with Gasteiger partial charge in [-0.2, -0.15) is 0 Å². The van der Waals surface area contributed by atoms with Crippen molar-refractivity contribution in [1.29, 1.82) is 0 Å². The molecule has 0 amide bonds. The molecule has 0 aromatic heterocycles. The SMILES string of the molecule is CC[C@@H]1C2C[C@H](O)CC[C@]2(C)C2CC[C@@]3(C)C(CC[C@@H]3[C@H](C)CCO[P@](=O)(N[C@@H](C)C(=O)COC(C)C)Oc3cccc(Cl)c3)C2[C@@H]1O. The van der Waals surface area contributed by atoms with Crippen LogP contribution < -0.4 is 9.61 Å².